The number of hydrogen-bond acceptors (Lipinski definition) is 9. The molecule has 3 aromatic rings. The highest BCUT2D eigenvalue weighted by atomic mass is 32.1. The first-order valence-corrected chi connectivity index (χ1v) is 13.2. The number of nitrogens with zero attached hydrogens (tertiary/aromatic N) is 4. The van der Waals surface area contributed by atoms with E-state index in [-0.39, 0.29) is 17.8 Å². The van der Waals surface area contributed by atoms with Crippen molar-refractivity contribution >= 4 is 27.6 Å². The first kappa shape index (κ1) is 24.9. The molecule has 192 valence electrons. The Balaban J connectivity index is 1.39. The SMILES string of the molecule is CC(C)(C)Oc1cccc(C2CN(C(OC(=O)N3CCNCC3)c3cc4ncncc4s3)CCO2)c1. The zero-order valence-corrected chi connectivity index (χ0v) is 21.8. The van der Waals surface area contributed by atoms with Crippen LogP contribution in [0.3, 0.4) is 0 Å². The van der Waals surface area contributed by atoms with E-state index in [1.807, 2.05) is 45.0 Å². The third-order valence-electron chi connectivity index (χ3n) is 6.13. The normalized spacial score (nSPS) is 20.3. The molecule has 0 radical (unpaired) electrons. The molecular weight excluding hydrogens is 478 g/mol. The van der Waals surface area contributed by atoms with Gasteiger partial charge in [-0.15, -0.1) is 11.3 Å². The van der Waals surface area contributed by atoms with Gasteiger partial charge in [0.05, 0.1) is 27.8 Å². The average Bonchev–Trinajstić information content (AvgIpc) is 3.31. The van der Waals surface area contributed by atoms with Gasteiger partial charge in [-0.25, -0.2) is 14.8 Å². The van der Waals surface area contributed by atoms with E-state index in [9.17, 15) is 4.79 Å². The molecule has 0 saturated carbocycles. The van der Waals surface area contributed by atoms with Crippen LogP contribution in [0.5, 0.6) is 5.75 Å². The van der Waals surface area contributed by atoms with Crippen LogP contribution in [-0.2, 0) is 9.47 Å². The number of carbonyl (C=O) groups excluding carboxylic acids is 1. The van der Waals surface area contributed by atoms with E-state index in [0.717, 1.165) is 39.5 Å². The van der Waals surface area contributed by atoms with Crippen LogP contribution < -0.4 is 10.1 Å². The number of thiophene rings is 1. The molecule has 2 aromatic heterocycles. The van der Waals surface area contributed by atoms with E-state index in [1.165, 1.54) is 6.33 Å². The van der Waals surface area contributed by atoms with Crippen molar-refractivity contribution in [2.45, 2.75) is 38.7 Å². The first-order valence-electron chi connectivity index (χ1n) is 12.4. The molecule has 9 nitrogen and oxygen atoms in total. The van der Waals surface area contributed by atoms with E-state index in [4.69, 9.17) is 14.2 Å². The number of fused-ring (bicyclic) bond motifs is 1. The lowest BCUT2D eigenvalue weighted by molar-refractivity contribution is -0.103. The highest BCUT2D eigenvalue weighted by Crippen LogP contribution is 2.36. The second-order valence-corrected chi connectivity index (χ2v) is 11.2. The fraction of sp³-hybridized carbons (Fsp3) is 0.500. The number of benzene rings is 1. The molecule has 2 fully saturated rings. The summed E-state index contributed by atoms with van der Waals surface area (Å²) in [6, 6.07) is 10.0. The maximum atomic E-state index is 13.1. The second-order valence-electron chi connectivity index (χ2n) is 10.0. The van der Waals surface area contributed by atoms with Gasteiger partial charge in [0, 0.05) is 45.5 Å². The third-order valence-corrected chi connectivity index (χ3v) is 7.22. The van der Waals surface area contributed by atoms with Crippen LogP contribution >= 0.6 is 11.3 Å². The van der Waals surface area contributed by atoms with Crippen LogP contribution in [-0.4, -0.2) is 77.3 Å². The van der Waals surface area contributed by atoms with Gasteiger partial charge in [0.1, 0.15) is 17.7 Å². The Labute approximate surface area is 215 Å². The van der Waals surface area contributed by atoms with E-state index >= 15 is 0 Å². The van der Waals surface area contributed by atoms with Gasteiger partial charge >= 0.3 is 6.09 Å². The molecule has 10 heteroatoms. The topological polar surface area (TPSA) is 89.1 Å². The summed E-state index contributed by atoms with van der Waals surface area (Å²) in [6.45, 7) is 10.7. The Morgan fingerprint density at radius 2 is 2.06 bits per heavy atom. The number of rotatable bonds is 5. The van der Waals surface area contributed by atoms with Gasteiger partial charge < -0.3 is 24.4 Å². The molecule has 2 aliphatic heterocycles. The van der Waals surface area contributed by atoms with Crippen LogP contribution in [0.4, 0.5) is 4.79 Å². The molecule has 1 aromatic carbocycles. The molecule has 4 heterocycles. The Hall–Kier alpha value is -2.79. The van der Waals surface area contributed by atoms with E-state index < -0.39 is 6.23 Å². The molecule has 1 amide bonds. The molecule has 2 aliphatic rings. The number of aromatic nitrogens is 2. The molecule has 2 saturated heterocycles. The van der Waals surface area contributed by atoms with E-state index in [2.05, 4.69) is 26.3 Å². The lowest BCUT2D eigenvalue weighted by Gasteiger charge is -2.38. The summed E-state index contributed by atoms with van der Waals surface area (Å²) in [7, 11) is 0. The summed E-state index contributed by atoms with van der Waals surface area (Å²) < 4.78 is 19.4. The van der Waals surface area contributed by atoms with Gasteiger partial charge in [0.25, 0.3) is 0 Å². The largest absolute Gasteiger partial charge is 0.488 e. The molecular formula is C26H33N5O4S. The highest BCUT2D eigenvalue weighted by Gasteiger charge is 2.34. The van der Waals surface area contributed by atoms with Gasteiger partial charge in [-0.3, -0.25) is 4.90 Å². The van der Waals surface area contributed by atoms with Crippen molar-refractivity contribution in [2.24, 2.45) is 0 Å². The van der Waals surface area contributed by atoms with Crippen molar-refractivity contribution in [1.82, 2.24) is 25.1 Å². The van der Waals surface area contributed by atoms with Crippen LogP contribution in [0, 0.1) is 0 Å². The lowest BCUT2D eigenvalue weighted by Crippen LogP contribution is -2.48. The molecule has 5 rings (SSSR count). The van der Waals surface area contributed by atoms with Gasteiger partial charge in [0.15, 0.2) is 6.23 Å². The standard InChI is InChI=1S/C26H33N5O4S/c1-26(2,3)35-19-6-4-5-18(13-19)21-16-31(11-12-33-21)24(34-25(32)30-9-7-27-8-10-30)22-14-20-23(36-22)15-28-17-29-20/h4-6,13-15,17,21,24,27H,7-12,16H2,1-3H3. The van der Waals surface area contributed by atoms with Crippen molar-refractivity contribution in [3.63, 3.8) is 0 Å². The fourth-order valence-electron chi connectivity index (χ4n) is 4.47. The predicted octanol–water partition coefficient (Wildman–Crippen LogP) is 3.98. The quantitative estimate of drug-likeness (QED) is 0.550. The number of morpholine rings is 1. The van der Waals surface area contributed by atoms with Gasteiger partial charge in [-0.2, -0.15) is 0 Å². The highest BCUT2D eigenvalue weighted by molar-refractivity contribution is 7.19. The van der Waals surface area contributed by atoms with E-state index in [1.54, 1.807) is 22.4 Å². The summed E-state index contributed by atoms with van der Waals surface area (Å²) >= 11 is 1.56. The summed E-state index contributed by atoms with van der Waals surface area (Å²) in [6.07, 6.45) is 2.34. The summed E-state index contributed by atoms with van der Waals surface area (Å²) in [5.74, 6) is 0.811. The molecule has 0 spiro atoms. The van der Waals surface area contributed by atoms with Crippen LogP contribution in [0.2, 0.25) is 0 Å². The number of amides is 1. The average molecular weight is 512 g/mol. The second kappa shape index (κ2) is 10.7. The van der Waals surface area contributed by atoms with E-state index in [0.29, 0.717) is 32.8 Å². The molecule has 0 aliphatic carbocycles. The van der Waals surface area contributed by atoms with Crippen molar-refractivity contribution in [1.29, 1.82) is 0 Å². The van der Waals surface area contributed by atoms with Crippen molar-refractivity contribution in [3.05, 3.63) is 53.3 Å². The summed E-state index contributed by atoms with van der Waals surface area (Å²) in [4.78, 5) is 26.6. The Kier molecular flexibility index (Phi) is 7.38. The smallest absolute Gasteiger partial charge is 0.411 e. The summed E-state index contributed by atoms with van der Waals surface area (Å²) in [5.41, 5.74) is 1.60. The zero-order valence-electron chi connectivity index (χ0n) is 21.0. The minimum Gasteiger partial charge on any atom is -0.488 e. The maximum absolute atomic E-state index is 13.1. The maximum Gasteiger partial charge on any atom is 0.411 e. The Morgan fingerprint density at radius 3 is 2.83 bits per heavy atom. The monoisotopic (exact) mass is 511 g/mol. The van der Waals surface area contributed by atoms with Gasteiger partial charge in [-0.05, 0) is 44.5 Å². The number of ether oxygens (including phenoxy) is 3. The van der Waals surface area contributed by atoms with Crippen LogP contribution in [0.1, 0.15) is 43.5 Å². The molecule has 2 unspecified atom stereocenters. The van der Waals surface area contributed by atoms with Crippen molar-refractivity contribution in [3.8, 4) is 5.75 Å². The third kappa shape index (κ3) is 5.95. The van der Waals surface area contributed by atoms with Crippen LogP contribution in [0.15, 0.2) is 42.9 Å². The number of carbonyl (C=O) groups is 1. The number of nitrogens with one attached hydrogen (secondary N) is 1. The molecule has 0 bridgehead atoms. The van der Waals surface area contributed by atoms with Crippen molar-refractivity contribution < 1.29 is 19.0 Å². The molecule has 1 N–H and O–H groups in total. The minimum atomic E-state index is -0.535. The Bertz CT molecular complexity index is 1160. The van der Waals surface area contributed by atoms with Gasteiger partial charge in [-0.1, -0.05) is 12.1 Å². The molecule has 36 heavy (non-hydrogen) atoms. The first-order chi connectivity index (χ1) is 17.4. The predicted molar refractivity (Wildman–Crippen MR) is 138 cm³/mol. The zero-order chi connectivity index (χ0) is 25.1. The lowest BCUT2D eigenvalue weighted by atomic mass is 10.1. The molecule has 2 atom stereocenters. The number of piperazine rings is 1. The Morgan fingerprint density at radius 1 is 1.22 bits per heavy atom. The van der Waals surface area contributed by atoms with Crippen molar-refractivity contribution in [2.75, 3.05) is 45.9 Å². The number of hydrogen-bond donors (Lipinski definition) is 1. The fourth-order valence-corrected chi connectivity index (χ4v) is 5.52. The van der Waals surface area contributed by atoms with Gasteiger partial charge in [0.2, 0.25) is 0 Å². The summed E-state index contributed by atoms with van der Waals surface area (Å²) in [5, 5.41) is 3.28. The minimum absolute atomic E-state index is 0.170. The van der Waals surface area contributed by atoms with Crippen LogP contribution in [0.25, 0.3) is 10.2 Å².